The number of nitrogens with one attached hydrogen (secondary N) is 1. The van der Waals surface area contributed by atoms with Crippen LogP contribution in [0.25, 0.3) is 0 Å². The number of hydrogen-bond donors (Lipinski definition) is 1. The molecule has 5 nitrogen and oxygen atoms in total. The summed E-state index contributed by atoms with van der Waals surface area (Å²) in [6, 6.07) is 8.43. The topological polar surface area (TPSA) is 68.5 Å². The van der Waals surface area contributed by atoms with Crippen LogP contribution in [0, 0.1) is 5.82 Å². The molecule has 116 valence electrons. The van der Waals surface area contributed by atoms with E-state index in [2.05, 4.69) is 21.2 Å². The first-order valence-electron chi connectivity index (χ1n) is 6.43. The Morgan fingerprint density at radius 3 is 2.55 bits per heavy atom. The lowest BCUT2D eigenvalue weighted by atomic mass is 10.1. The molecule has 0 aliphatic heterocycles. The van der Waals surface area contributed by atoms with Crippen LogP contribution in [-0.4, -0.2) is 18.5 Å². The number of ether oxygens (including phenoxy) is 1. The number of rotatable bonds is 5. The number of halogens is 2. The van der Waals surface area contributed by atoms with Crippen LogP contribution in [0.15, 0.2) is 45.5 Å². The Hall–Kier alpha value is -2.15. The summed E-state index contributed by atoms with van der Waals surface area (Å²) in [6.45, 7) is 1.32. The molecule has 0 fully saturated rings. The number of furan rings is 1. The van der Waals surface area contributed by atoms with Crippen molar-refractivity contribution in [2.45, 2.75) is 13.0 Å². The van der Waals surface area contributed by atoms with Crippen molar-refractivity contribution < 1.29 is 23.1 Å². The minimum absolute atomic E-state index is 0.00579. The van der Waals surface area contributed by atoms with Gasteiger partial charge in [-0.3, -0.25) is 4.79 Å². The number of benzene rings is 1. The Morgan fingerprint density at radius 1 is 1.27 bits per heavy atom. The van der Waals surface area contributed by atoms with E-state index in [-0.39, 0.29) is 17.6 Å². The number of esters is 1. The van der Waals surface area contributed by atoms with Gasteiger partial charge in [-0.2, -0.15) is 0 Å². The number of amides is 1. The molecule has 0 saturated carbocycles. The first kappa shape index (κ1) is 16.2. The zero-order chi connectivity index (χ0) is 16.1. The van der Waals surface area contributed by atoms with Crippen molar-refractivity contribution >= 4 is 27.8 Å². The van der Waals surface area contributed by atoms with Crippen LogP contribution in [0.4, 0.5) is 4.39 Å². The van der Waals surface area contributed by atoms with Crippen molar-refractivity contribution in [3.05, 3.63) is 58.2 Å². The van der Waals surface area contributed by atoms with Crippen LogP contribution in [-0.2, 0) is 9.53 Å². The molecule has 0 unspecified atom stereocenters. The molecule has 1 amide bonds. The molecule has 0 radical (unpaired) electrons. The SMILES string of the molecule is C[C@@H](NC(=O)COC(=O)c1ccc(Br)o1)c1ccc(F)cc1. The van der Waals surface area contributed by atoms with Crippen LogP contribution in [0.5, 0.6) is 0 Å². The molecule has 0 aliphatic carbocycles. The van der Waals surface area contributed by atoms with Crippen LogP contribution in [0.3, 0.4) is 0 Å². The lowest BCUT2D eigenvalue weighted by Gasteiger charge is -2.14. The van der Waals surface area contributed by atoms with Crippen molar-refractivity contribution in [2.75, 3.05) is 6.61 Å². The van der Waals surface area contributed by atoms with Crippen LogP contribution in [0.2, 0.25) is 0 Å². The van der Waals surface area contributed by atoms with E-state index < -0.39 is 18.5 Å². The number of carbonyl (C=O) groups excluding carboxylic acids is 2. The molecule has 1 aromatic heterocycles. The maximum atomic E-state index is 12.8. The van der Waals surface area contributed by atoms with Gasteiger partial charge in [0, 0.05) is 0 Å². The molecule has 2 rings (SSSR count). The monoisotopic (exact) mass is 369 g/mol. The van der Waals surface area contributed by atoms with Crippen LogP contribution < -0.4 is 5.32 Å². The minimum Gasteiger partial charge on any atom is -0.450 e. The van der Waals surface area contributed by atoms with Gasteiger partial charge in [0.2, 0.25) is 5.76 Å². The fourth-order valence-corrected chi connectivity index (χ4v) is 2.05. The Kier molecular flexibility index (Phi) is 5.32. The van der Waals surface area contributed by atoms with Gasteiger partial charge in [-0.05, 0) is 52.7 Å². The highest BCUT2D eigenvalue weighted by atomic mass is 79.9. The molecule has 0 bridgehead atoms. The van der Waals surface area contributed by atoms with E-state index in [0.29, 0.717) is 4.67 Å². The molecule has 0 aliphatic rings. The molecule has 1 N–H and O–H groups in total. The fraction of sp³-hybridized carbons (Fsp3) is 0.200. The van der Waals surface area contributed by atoms with Gasteiger partial charge in [-0.25, -0.2) is 9.18 Å². The maximum Gasteiger partial charge on any atom is 0.374 e. The Bertz CT molecular complexity index is 668. The quantitative estimate of drug-likeness (QED) is 0.821. The summed E-state index contributed by atoms with van der Waals surface area (Å²) in [5, 5.41) is 2.65. The molecule has 1 aromatic carbocycles. The summed E-state index contributed by atoms with van der Waals surface area (Å²) < 4.78 is 23.1. The molecule has 0 spiro atoms. The second-order valence-corrected chi connectivity index (χ2v) is 5.30. The van der Waals surface area contributed by atoms with Gasteiger partial charge in [0.1, 0.15) is 5.82 Å². The number of hydrogen-bond acceptors (Lipinski definition) is 4. The molecule has 7 heteroatoms. The van der Waals surface area contributed by atoms with Gasteiger partial charge >= 0.3 is 5.97 Å². The standard InChI is InChI=1S/C15H13BrFNO4/c1-9(10-2-4-11(17)5-3-10)18-14(19)8-21-15(20)12-6-7-13(16)22-12/h2-7,9H,8H2,1H3,(H,18,19)/t9-/m1/s1. The molecule has 2 aromatic rings. The third-order valence-electron chi connectivity index (χ3n) is 2.86. The summed E-state index contributed by atoms with van der Waals surface area (Å²) in [4.78, 5) is 23.3. The van der Waals surface area contributed by atoms with Gasteiger partial charge in [-0.15, -0.1) is 0 Å². The van der Waals surface area contributed by atoms with E-state index in [9.17, 15) is 14.0 Å². The highest BCUT2D eigenvalue weighted by Gasteiger charge is 2.15. The van der Waals surface area contributed by atoms with E-state index in [0.717, 1.165) is 5.56 Å². The Balaban J connectivity index is 1.82. The van der Waals surface area contributed by atoms with E-state index >= 15 is 0 Å². The van der Waals surface area contributed by atoms with Gasteiger partial charge < -0.3 is 14.5 Å². The summed E-state index contributed by atoms with van der Waals surface area (Å²) in [7, 11) is 0. The van der Waals surface area contributed by atoms with Crippen molar-refractivity contribution in [3.63, 3.8) is 0 Å². The van der Waals surface area contributed by atoms with Crippen molar-refractivity contribution in [1.82, 2.24) is 5.32 Å². The smallest absolute Gasteiger partial charge is 0.374 e. The summed E-state index contributed by atoms with van der Waals surface area (Å²) in [5.41, 5.74) is 0.746. The van der Waals surface area contributed by atoms with Crippen molar-refractivity contribution in [3.8, 4) is 0 Å². The average Bonchev–Trinajstić information content (AvgIpc) is 2.92. The predicted octanol–water partition coefficient (Wildman–Crippen LogP) is 3.22. The minimum atomic E-state index is -0.727. The van der Waals surface area contributed by atoms with E-state index in [1.165, 1.54) is 18.2 Å². The maximum absolute atomic E-state index is 12.8. The van der Waals surface area contributed by atoms with Crippen LogP contribution >= 0.6 is 15.9 Å². The summed E-state index contributed by atoms with van der Waals surface area (Å²) in [6.07, 6.45) is 0. The van der Waals surface area contributed by atoms with Gasteiger partial charge in [0.05, 0.1) is 6.04 Å². The summed E-state index contributed by atoms with van der Waals surface area (Å²) in [5.74, 6) is -1.53. The summed E-state index contributed by atoms with van der Waals surface area (Å²) >= 11 is 3.06. The van der Waals surface area contributed by atoms with E-state index in [4.69, 9.17) is 9.15 Å². The zero-order valence-corrected chi connectivity index (χ0v) is 13.2. The third-order valence-corrected chi connectivity index (χ3v) is 3.28. The second-order valence-electron chi connectivity index (χ2n) is 4.52. The first-order valence-corrected chi connectivity index (χ1v) is 7.22. The fourth-order valence-electron chi connectivity index (χ4n) is 1.74. The van der Waals surface area contributed by atoms with Crippen molar-refractivity contribution in [1.29, 1.82) is 0 Å². The lowest BCUT2D eigenvalue weighted by Crippen LogP contribution is -2.31. The molecular formula is C15H13BrFNO4. The highest BCUT2D eigenvalue weighted by Crippen LogP contribution is 2.15. The zero-order valence-electron chi connectivity index (χ0n) is 11.6. The van der Waals surface area contributed by atoms with Gasteiger partial charge in [0.25, 0.3) is 5.91 Å². The molecule has 0 saturated heterocycles. The van der Waals surface area contributed by atoms with Gasteiger partial charge in [-0.1, -0.05) is 12.1 Å². The molecule has 1 heterocycles. The Labute approximate surface area is 134 Å². The van der Waals surface area contributed by atoms with Crippen LogP contribution in [0.1, 0.15) is 29.1 Å². The largest absolute Gasteiger partial charge is 0.450 e. The van der Waals surface area contributed by atoms with E-state index in [1.807, 2.05) is 0 Å². The van der Waals surface area contributed by atoms with Crippen molar-refractivity contribution in [2.24, 2.45) is 0 Å². The van der Waals surface area contributed by atoms with Gasteiger partial charge in [0.15, 0.2) is 11.3 Å². The normalized spacial score (nSPS) is 11.8. The average molecular weight is 370 g/mol. The Morgan fingerprint density at radius 2 is 1.95 bits per heavy atom. The second kappa shape index (κ2) is 7.22. The molecule has 1 atom stereocenters. The predicted molar refractivity (Wildman–Crippen MR) is 79.6 cm³/mol. The molecular weight excluding hydrogens is 357 g/mol. The van der Waals surface area contributed by atoms with E-state index in [1.54, 1.807) is 25.1 Å². The number of carbonyl (C=O) groups is 2. The highest BCUT2D eigenvalue weighted by molar-refractivity contribution is 9.10. The molecule has 22 heavy (non-hydrogen) atoms. The lowest BCUT2D eigenvalue weighted by molar-refractivity contribution is -0.124. The first-order chi connectivity index (χ1) is 10.5. The third kappa shape index (κ3) is 4.42.